The second-order valence-electron chi connectivity index (χ2n) is 6.35. The number of nitrogens with two attached hydrogens (primary N) is 1. The van der Waals surface area contributed by atoms with Crippen LogP contribution in [0.1, 0.15) is 84.0 Å². The molecular weight excluding hydrogens is 278 g/mol. The van der Waals surface area contributed by atoms with Crippen LogP contribution in [0.3, 0.4) is 0 Å². The predicted octanol–water partition coefficient (Wildman–Crippen LogP) is 3.24. The van der Waals surface area contributed by atoms with Gasteiger partial charge in [-0.1, -0.05) is 83.3 Å². The molecular formula is C18H37NO3. The summed E-state index contributed by atoms with van der Waals surface area (Å²) in [7, 11) is 0. The molecule has 0 aliphatic rings. The van der Waals surface area contributed by atoms with E-state index in [1.54, 1.807) is 0 Å². The SMILES string of the molecule is CCCCCCCCCCCCC/C=C/[C@@H](O)[C@](N)(O)CO. The van der Waals surface area contributed by atoms with Gasteiger partial charge in [0.2, 0.25) is 0 Å². The van der Waals surface area contributed by atoms with E-state index >= 15 is 0 Å². The third kappa shape index (κ3) is 12.2. The minimum Gasteiger partial charge on any atom is -0.392 e. The fourth-order valence-corrected chi connectivity index (χ4v) is 2.41. The van der Waals surface area contributed by atoms with E-state index in [1.165, 1.54) is 70.3 Å². The second-order valence-corrected chi connectivity index (χ2v) is 6.35. The van der Waals surface area contributed by atoms with Gasteiger partial charge in [-0.15, -0.1) is 0 Å². The van der Waals surface area contributed by atoms with Crippen LogP contribution in [0, 0.1) is 0 Å². The monoisotopic (exact) mass is 315 g/mol. The Morgan fingerprint density at radius 1 is 0.909 bits per heavy atom. The normalized spacial score (nSPS) is 16.0. The Kier molecular flexibility index (Phi) is 13.9. The highest BCUT2D eigenvalue weighted by molar-refractivity contribution is 4.97. The summed E-state index contributed by atoms with van der Waals surface area (Å²) in [5.74, 6) is 0. The maximum Gasteiger partial charge on any atom is 0.166 e. The third-order valence-electron chi connectivity index (χ3n) is 4.06. The number of aliphatic hydroxyl groups excluding tert-OH is 2. The lowest BCUT2D eigenvalue weighted by Gasteiger charge is -2.23. The van der Waals surface area contributed by atoms with Crippen LogP contribution in [0.25, 0.3) is 0 Å². The van der Waals surface area contributed by atoms with E-state index in [4.69, 9.17) is 10.8 Å². The van der Waals surface area contributed by atoms with Crippen LogP contribution in [0.4, 0.5) is 0 Å². The molecule has 0 saturated carbocycles. The smallest absolute Gasteiger partial charge is 0.166 e. The van der Waals surface area contributed by atoms with Crippen molar-refractivity contribution in [1.29, 1.82) is 0 Å². The van der Waals surface area contributed by atoms with Gasteiger partial charge in [0.05, 0.1) is 6.61 Å². The lowest BCUT2D eigenvalue weighted by molar-refractivity contribution is -0.0813. The molecule has 22 heavy (non-hydrogen) atoms. The Labute approximate surface area is 136 Å². The van der Waals surface area contributed by atoms with E-state index in [0.29, 0.717) is 0 Å². The highest BCUT2D eigenvalue weighted by Crippen LogP contribution is 2.12. The van der Waals surface area contributed by atoms with E-state index in [0.717, 1.165) is 12.8 Å². The standard InChI is InChI=1S/C18H37NO3/c1-2-3-4-5-6-7-8-9-10-11-12-13-14-15-17(21)18(19,22)16-20/h14-15,17,20-22H,2-13,16,19H2,1H3/b15-14+/t17-,18-/m1/s1. The third-order valence-corrected chi connectivity index (χ3v) is 4.06. The molecule has 2 atom stereocenters. The molecule has 0 spiro atoms. The summed E-state index contributed by atoms with van der Waals surface area (Å²) < 4.78 is 0. The van der Waals surface area contributed by atoms with Crippen LogP contribution >= 0.6 is 0 Å². The number of unbranched alkanes of at least 4 members (excludes halogenated alkanes) is 11. The molecule has 0 aliphatic carbocycles. The van der Waals surface area contributed by atoms with Crippen molar-refractivity contribution in [2.45, 2.75) is 95.8 Å². The van der Waals surface area contributed by atoms with E-state index in [9.17, 15) is 10.2 Å². The van der Waals surface area contributed by atoms with Gasteiger partial charge >= 0.3 is 0 Å². The van der Waals surface area contributed by atoms with E-state index in [1.807, 2.05) is 6.08 Å². The van der Waals surface area contributed by atoms with E-state index < -0.39 is 18.4 Å². The molecule has 0 fully saturated rings. The van der Waals surface area contributed by atoms with E-state index in [-0.39, 0.29) is 0 Å². The first-order valence-corrected chi connectivity index (χ1v) is 9.01. The van der Waals surface area contributed by atoms with Gasteiger partial charge in [-0.3, -0.25) is 5.73 Å². The van der Waals surface area contributed by atoms with Crippen molar-refractivity contribution >= 4 is 0 Å². The van der Waals surface area contributed by atoms with Crippen LogP contribution in [0.5, 0.6) is 0 Å². The van der Waals surface area contributed by atoms with Gasteiger partial charge in [0.25, 0.3) is 0 Å². The summed E-state index contributed by atoms with van der Waals surface area (Å²) >= 11 is 0. The van der Waals surface area contributed by atoms with Crippen molar-refractivity contribution in [3.63, 3.8) is 0 Å². The van der Waals surface area contributed by atoms with Crippen LogP contribution in [-0.2, 0) is 0 Å². The van der Waals surface area contributed by atoms with Crippen LogP contribution in [0.15, 0.2) is 12.2 Å². The zero-order chi connectivity index (χ0) is 16.7. The fraction of sp³-hybridized carbons (Fsp3) is 0.889. The first kappa shape index (κ1) is 21.6. The largest absolute Gasteiger partial charge is 0.392 e. The van der Waals surface area contributed by atoms with Gasteiger partial charge in [-0.2, -0.15) is 0 Å². The van der Waals surface area contributed by atoms with Crippen molar-refractivity contribution in [2.24, 2.45) is 5.73 Å². The highest BCUT2D eigenvalue weighted by Gasteiger charge is 2.27. The molecule has 132 valence electrons. The van der Waals surface area contributed by atoms with Crippen LogP contribution < -0.4 is 5.73 Å². The molecule has 0 unspecified atom stereocenters. The molecule has 5 N–H and O–H groups in total. The van der Waals surface area contributed by atoms with Gasteiger partial charge in [0.15, 0.2) is 5.72 Å². The lowest BCUT2D eigenvalue weighted by Crippen LogP contribution is -2.53. The topological polar surface area (TPSA) is 86.7 Å². The van der Waals surface area contributed by atoms with Crippen molar-refractivity contribution in [2.75, 3.05) is 6.61 Å². The van der Waals surface area contributed by atoms with Crippen molar-refractivity contribution in [3.05, 3.63) is 12.2 Å². The number of hydrogen-bond donors (Lipinski definition) is 4. The molecule has 0 aromatic heterocycles. The molecule has 0 aliphatic heterocycles. The van der Waals surface area contributed by atoms with Crippen molar-refractivity contribution in [1.82, 2.24) is 0 Å². The summed E-state index contributed by atoms with van der Waals surface area (Å²) in [6.45, 7) is 1.59. The average molecular weight is 315 g/mol. The van der Waals surface area contributed by atoms with Gasteiger partial charge in [0.1, 0.15) is 6.10 Å². The molecule has 4 nitrogen and oxygen atoms in total. The molecule has 0 amide bonds. The number of hydrogen-bond acceptors (Lipinski definition) is 4. The quantitative estimate of drug-likeness (QED) is 0.212. The van der Waals surface area contributed by atoms with Crippen LogP contribution in [-0.4, -0.2) is 33.8 Å². The van der Waals surface area contributed by atoms with Gasteiger partial charge in [-0.05, 0) is 12.8 Å². The Balaban J connectivity index is 3.33. The summed E-state index contributed by atoms with van der Waals surface area (Å²) in [5.41, 5.74) is 3.37. The molecule has 0 radical (unpaired) electrons. The zero-order valence-electron chi connectivity index (χ0n) is 14.3. The number of aliphatic hydroxyl groups is 3. The number of rotatable bonds is 15. The maximum atomic E-state index is 9.53. The molecule has 4 heteroatoms. The lowest BCUT2D eigenvalue weighted by atomic mass is 10.0. The molecule has 0 saturated heterocycles. The minimum atomic E-state index is -1.94. The Morgan fingerprint density at radius 2 is 1.36 bits per heavy atom. The first-order chi connectivity index (χ1) is 10.5. The molecule has 0 aromatic rings. The van der Waals surface area contributed by atoms with Crippen LogP contribution in [0.2, 0.25) is 0 Å². The summed E-state index contributed by atoms with van der Waals surface area (Å²) in [4.78, 5) is 0. The van der Waals surface area contributed by atoms with Gasteiger partial charge in [-0.25, -0.2) is 0 Å². The fourth-order valence-electron chi connectivity index (χ4n) is 2.41. The van der Waals surface area contributed by atoms with Crippen molar-refractivity contribution < 1.29 is 15.3 Å². The first-order valence-electron chi connectivity index (χ1n) is 9.01. The molecule has 0 rings (SSSR count). The average Bonchev–Trinajstić information content (AvgIpc) is 2.51. The maximum absolute atomic E-state index is 9.53. The molecule has 0 aromatic carbocycles. The Morgan fingerprint density at radius 3 is 1.82 bits per heavy atom. The van der Waals surface area contributed by atoms with E-state index in [2.05, 4.69) is 6.92 Å². The summed E-state index contributed by atoms with van der Waals surface area (Å²) in [5, 5.41) is 27.7. The summed E-state index contributed by atoms with van der Waals surface area (Å²) in [6, 6.07) is 0. The Bertz CT molecular complexity index is 267. The summed E-state index contributed by atoms with van der Waals surface area (Å²) in [6.07, 6.45) is 17.4. The molecule has 0 bridgehead atoms. The highest BCUT2D eigenvalue weighted by atomic mass is 16.4. The minimum absolute atomic E-state index is 0.656. The second kappa shape index (κ2) is 14.2. The zero-order valence-corrected chi connectivity index (χ0v) is 14.3. The van der Waals surface area contributed by atoms with Gasteiger partial charge in [0, 0.05) is 0 Å². The predicted molar refractivity (Wildman–Crippen MR) is 92.4 cm³/mol. The van der Waals surface area contributed by atoms with Crippen molar-refractivity contribution in [3.8, 4) is 0 Å². The Hall–Kier alpha value is -0.420. The number of allylic oxidation sites excluding steroid dienone is 1. The molecule has 0 heterocycles. The van der Waals surface area contributed by atoms with Gasteiger partial charge < -0.3 is 15.3 Å².